The number of anilines is 1. The molecule has 0 aliphatic carbocycles. The number of aryl methyl sites for hydroxylation is 2. The molecule has 7 nitrogen and oxygen atoms in total. The van der Waals surface area contributed by atoms with Gasteiger partial charge in [0.25, 0.3) is 10.0 Å². The van der Waals surface area contributed by atoms with Gasteiger partial charge in [0.05, 0.1) is 16.3 Å². The molecule has 24 heavy (non-hydrogen) atoms. The second-order valence-corrected chi connectivity index (χ2v) is 7.23. The van der Waals surface area contributed by atoms with Crippen LogP contribution in [0.25, 0.3) is 5.69 Å². The molecule has 3 aromatic rings. The van der Waals surface area contributed by atoms with Gasteiger partial charge in [-0.25, -0.2) is 13.1 Å². The van der Waals surface area contributed by atoms with E-state index in [2.05, 4.69) is 20.2 Å². The lowest BCUT2D eigenvalue weighted by molar-refractivity contribution is 0.600. The lowest BCUT2D eigenvalue weighted by Gasteiger charge is -2.14. The molecular weight excluding hydrogens is 326 g/mol. The average Bonchev–Trinajstić information content (AvgIpc) is 3.05. The van der Waals surface area contributed by atoms with Crippen LogP contribution in [0.2, 0.25) is 0 Å². The fourth-order valence-electron chi connectivity index (χ4n) is 2.45. The number of tetrazole rings is 1. The fraction of sp³-hybridized carbons (Fsp3) is 0.188. The van der Waals surface area contributed by atoms with Crippen molar-refractivity contribution in [1.29, 1.82) is 0 Å². The van der Waals surface area contributed by atoms with Crippen molar-refractivity contribution in [3.63, 3.8) is 0 Å². The number of aromatic nitrogens is 4. The summed E-state index contributed by atoms with van der Waals surface area (Å²) in [6.45, 7) is 5.46. The number of rotatable bonds is 4. The Labute approximate surface area is 140 Å². The molecule has 1 heterocycles. The third-order valence-corrected chi connectivity index (χ3v) is 5.29. The van der Waals surface area contributed by atoms with Gasteiger partial charge in [-0.05, 0) is 66.1 Å². The third-order valence-electron chi connectivity index (χ3n) is 3.78. The Morgan fingerprint density at radius 3 is 2.58 bits per heavy atom. The highest BCUT2D eigenvalue weighted by Crippen LogP contribution is 2.25. The third kappa shape index (κ3) is 3.00. The number of hydrogen-bond donors (Lipinski definition) is 1. The second kappa shape index (κ2) is 6.04. The van der Waals surface area contributed by atoms with Crippen molar-refractivity contribution < 1.29 is 8.42 Å². The summed E-state index contributed by atoms with van der Waals surface area (Å²) in [6, 6.07) is 10.6. The topological polar surface area (TPSA) is 89.8 Å². The first-order valence-corrected chi connectivity index (χ1v) is 8.80. The lowest BCUT2D eigenvalue weighted by atomic mass is 10.1. The van der Waals surface area contributed by atoms with Gasteiger partial charge in [0, 0.05) is 0 Å². The Morgan fingerprint density at radius 2 is 1.88 bits per heavy atom. The normalized spacial score (nSPS) is 11.5. The Hall–Kier alpha value is -2.74. The van der Waals surface area contributed by atoms with E-state index in [1.807, 2.05) is 26.0 Å². The zero-order chi connectivity index (χ0) is 17.3. The van der Waals surface area contributed by atoms with Gasteiger partial charge < -0.3 is 0 Å². The summed E-state index contributed by atoms with van der Waals surface area (Å²) in [6.07, 6.45) is 1.46. The first kappa shape index (κ1) is 16.1. The highest BCUT2D eigenvalue weighted by molar-refractivity contribution is 7.92. The molecule has 0 radical (unpaired) electrons. The first-order valence-electron chi connectivity index (χ1n) is 7.31. The van der Waals surface area contributed by atoms with E-state index in [1.165, 1.54) is 11.0 Å². The number of nitrogens with zero attached hydrogens (tertiary/aromatic N) is 4. The van der Waals surface area contributed by atoms with E-state index < -0.39 is 10.0 Å². The van der Waals surface area contributed by atoms with Gasteiger partial charge in [-0.1, -0.05) is 18.2 Å². The van der Waals surface area contributed by atoms with Crippen LogP contribution < -0.4 is 4.72 Å². The van der Waals surface area contributed by atoms with Crippen molar-refractivity contribution in [2.24, 2.45) is 0 Å². The van der Waals surface area contributed by atoms with Crippen molar-refractivity contribution in [3.8, 4) is 5.69 Å². The number of nitrogens with one attached hydrogen (secondary N) is 1. The summed E-state index contributed by atoms with van der Waals surface area (Å²) in [7, 11) is -3.69. The van der Waals surface area contributed by atoms with Gasteiger partial charge in [-0.15, -0.1) is 5.10 Å². The Morgan fingerprint density at radius 1 is 1.08 bits per heavy atom. The van der Waals surface area contributed by atoms with E-state index in [9.17, 15) is 8.42 Å². The summed E-state index contributed by atoms with van der Waals surface area (Å²) in [5.74, 6) is 0. The van der Waals surface area contributed by atoms with Gasteiger partial charge in [0.1, 0.15) is 6.33 Å². The smallest absolute Gasteiger partial charge is 0.262 e. The van der Waals surface area contributed by atoms with Crippen molar-refractivity contribution in [2.75, 3.05) is 4.72 Å². The molecule has 0 saturated carbocycles. The average molecular weight is 343 g/mol. The van der Waals surface area contributed by atoms with Gasteiger partial charge in [-0.3, -0.25) is 4.72 Å². The molecule has 1 N–H and O–H groups in total. The molecule has 2 aromatic carbocycles. The predicted octanol–water partition coefficient (Wildman–Crippen LogP) is 2.39. The summed E-state index contributed by atoms with van der Waals surface area (Å²) in [5.41, 5.74) is 3.52. The molecule has 3 rings (SSSR count). The van der Waals surface area contributed by atoms with E-state index in [0.29, 0.717) is 16.9 Å². The van der Waals surface area contributed by atoms with Gasteiger partial charge in [0.2, 0.25) is 0 Å². The van der Waals surface area contributed by atoms with Gasteiger partial charge in [0.15, 0.2) is 0 Å². The zero-order valence-corrected chi connectivity index (χ0v) is 14.4. The van der Waals surface area contributed by atoms with E-state index in [1.54, 1.807) is 31.2 Å². The standard InChI is InChI=1S/C16H17N5O2S/c1-11-7-8-12(2)16(9-11)24(22,23)18-14-5-4-6-15(13(14)3)21-10-17-19-20-21/h4-10,18H,1-3H3. The van der Waals surface area contributed by atoms with Crippen molar-refractivity contribution in [1.82, 2.24) is 20.2 Å². The van der Waals surface area contributed by atoms with E-state index in [0.717, 1.165) is 11.1 Å². The molecule has 0 aliphatic heterocycles. The second-order valence-electron chi connectivity index (χ2n) is 5.58. The molecule has 0 atom stereocenters. The van der Waals surface area contributed by atoms with Crippen LogP contribution in [-0.2, 0) is 10.0 Å². The predicted molar refractivity (Wildman–Crippen MR) is 90.6 cm³/mol. The van der Waals surface area contributed by atoms with Crippen LogP contribution in [0.4, 0.5) is 5.69 Å². The van der Waals surface area contributed by atoms with Crippen molar-refractivity contribution in [3.05, 3.63) is 59.4 Å². The summed E-state index contributed by atoms with van der Waals surface area (Å²) in [4.78, 5) is 0.273. The Balaban J connectivity index is 2.02. The molecule has 8 heteroatoms. The number of sulfonamides is 1. The Bertz CT molecular complexity index is 982. The largest absolute Gasteiger partial charge is 0.279 e. The minimum Gasteiger partial charge on any atom is -0.279 e. The van der Waals surface area contributed by atoms with Gasteiger partial charge >= 0.3 is 0 Å². The number of benzene rings is 2. The quantitative estimate of drug-likeness (QED) is 0.785. The molecule has 0 spiro atoms. The maximum Gasteiger partial charge on any atom is 0.262 e. The van der Waals surface area contributed by atoms with Crippen LogP contribution >= 0.6 is 0 Å². The fourth-order valence-corrected chi connectivity index (χ4v) is 3.90. The molecule has 124 valence electrons. The van der Waals surface area contributed by atoms with Gasteiger partial charge in [-0.2, -0.15) is 0 Å². The maximum absolute atomic E-state index is 12.8. The molecule has 0 fully saturated rings. The molecule has 0 aliphatic rings. The van der Waals surface area contributed by atoms with E-state index in [-0.39, 0.29) is 4.90 Å². The summed E-state index contributed by atoms with van der Waals surface area (Å²) in [5, 5.41) is 11.1. The van der Waals surface area contributed by atoms with E-state index in [4.69, 9.17) is 0 Å². The van der Waals surface area contributed by atoms with Crippen LogP contribution in [0.5, 0.6) is 0 Å². The highest BCUT2D eigenvalue weighted by atomic mass is 32.2. The van der Waals surface area contributed by atoms with Crippen molar-refractivity contribution in [2.45, 2.75) is 25.7 Å². The molecule has 0 bridgehead atoms. The number of hydrogen-bond acceptors (Lipinski definition) is 5. The minimum atomic E-state index is -3.69. The van der Waals surface area contributed by atoms with Crippen LogP contribution in [0.1, 0.15) is 16.7 Å². The summed E-state index contributed by atoms with van der Waals surface area (Å²) < 4.78 is 29.7. The molecule has 0 saturated heterocycles. The van der Waals surface area contributed by atoms with Crippen LogP contribution in [0.15, 0.2) is 47.6 Å². The van der Waals surface area contributed by atoms with E-state index >= 15 is 0 Å². The molecule has 0 unspecified atom stereocenters. The SMILES string of the molecule is Cc1ccc(C)c(S(=O)(=O)Nc2cccc(-n3cnnn3)c2C)c1. The molecule has 1 aromatic heterocycles. The Kier molecular flexibility index (Phi) is 4.06. The first-order chi connectivity index (χ1) is 11.4. The monoisotopic (exact) mass is 343 g/mol. The zero-order valence-electron chi connectivity index (χ0n) is 13.6. The maximum atomic E-state index is 12.8. The van der Waals surface area contributed by atoms with Crippen molar-refractivity contribution >= 4 is 15.7 Å². The summed E-state index contributed by atoms with van der Waals surface area (Å²) >= 11 is 0. The lowest BCUT2D eigenvalue weighted by Crippen LogP contribution is -2.16. The molecule has 0 amide bonds. The van der Waals surface area contributed by atoms with Crippen LogP contribution in [-0.4, -0.2) is 28.6 Å². The minimum absolute atomic E-state index is 0.273. The van der Waals surface area contributed by atoms with Crippen LogP contribution in [0, 0.1) is 20.8 Å². The highest BCUT2D eigenvalue weighted by Gasteiger charge is 2.19. The molecular formula is C16H17N5O2S. The van der Waals surface area contributed by atoms with Crippen LogP contribution in [0.3, 0.4) is 0 Å².